The maximum absolute atomic E-state index is 12.1. The fourth-order valence-electron chi connectivity index (χ4n) is 2.12. The van der Waals surface area contributed by atoms with Crippen LogP contribution in [0.15, 0.2) is 36.7 Å². The van der Waals surface area contributed by atoms with Crippen LogP contribution in [0.25, 0.3) is 6.08 Å². The summed E-state index contributed by atoms with van der Waals surface area (Å²) in [6.45, 7) is 1.90. The second-order valence-electron chi connectivity index (χ2n) is 4.96. The van der Waals surface area contributed by atoms with Gasteiger partial charge < -0.3 is 19.5 Å². The molecule has 0 unspecified atom stereocenters. The predicted octanol–water partition coefficient (Wildman–Crippen LogP) is 3.07. The highest BCUT2D eigenvalue weighted by Gasteiger charge is 2.10. The van der Waals surface area contributed by atoms with E-state index in [1.165, 1.54) is 6.08 Å². The predicted molar refractivity (Wildman–Crippen MR) is 92.7 cm³/mol. The van der Waals surface area contributed by atoms with Crippen LogP contribution in [-0.4, -0.2) is 32.2 Å². The fraction of sp³-hybridized carbons (Fsp3) is 0.222. The van der Waals surface area contributed by atoms with Crippen molar-refractivity contribution in [2.75, 3.05) is 26.6 Å². The molecule has 6 heteroatoms. The van der Waals surface area contributed by atoms with Crippen molar-refractivity contribution >= 4 is 17.7 Å². The average molecular weight is 328 g/mol. The molecule has 126 valence electrons. The summed E-state index contributed by atoms with van der Waals surface area (Å²) in [5.74, 6) is 1.43. The summed E-state index contributed by atoms with van der Waals surface area (Å²) in [5.41, 5.74) is 2.31. The molecule has 0 aliphatic heterocycles. The van der Waals surface area contributed by atoms with Crippen LogP contribution in [0.4, 0.5) is 5.69 Å². The first kappa shape index (κ1) is 17.3. The summed E-state index contributed by atoms with van der Waals surface area (Å²) in [6, 6.07) is 5.29. The Kier molecular flexibility index (Phi) is 5.78. The maximum Gasteiger partial charge on any atom is 0.248 e. The normalized spacial score (nSPS) is 10.5. The van der Waals surface area contributed by atoms with Gasteiger partial charge in [-0.15, -0.1) is 0 Å². The van der Waals surface area contributed by atoms with Crippen molar-refractivity contribution in [2.24, 2.45) is 0 Å². The van der Waals surface area contributed by atoms with Crippen LogP contribution in [0, 0.1) is 6.92 Å². The molecular formula is C18H20N2O4. The van der Waals surface area contributed by atoms with Gasteiger partial charge in [0.05, 0.1) is 33.2 Å². The zero-order valence-electron chi connectivity index (χ0n) is 14.1. The molecule has 1 aromatic carbocycles. The Morgan fingerprint density at radius 1 is 1.08 bits per heavy atom. The highest BCUT2D eigenvalue weighted by Crippen LogP contribution is 2.35. The summed E-state index contributed by atoms with van der Waals surface area (Å²) in [4.78, 5) is 16.1. The lowest BCUT2D eigenvalue weighted by molar-refractivity contribution is -0.111. The topological polar surface area (TPSA) is 69.7 Å². The first-order valence-electron chi connectivity index (χ1n) is 7.28. The minimum atomic E-state index is -0.261. The van der Waals surface area contributed by atoms with Crippen LogP contribution in [0.5, 0.6) is 17.2 Å². The minimum absolute atomic E-state index is 0.261. The second kappa shape index (κ2) is 8.01. The number of nitrogens with zero attached hydrogens (tertiary/aromatic N) is 1. The third kappa shape index (κ3) is 4.04. The number of anilines is 1. The number of ether oxygens (including phenoxy) is 3. The smallest absolute Gasteiger partial charge is 0.248 e. The quantitative estimate of drug-likeness (QED) is 0.825. The van der Waals surface area contributed by atoms with Crippen LogP contribution in [0.2, 0.25) is 0 Å². The highest BCUT2D eigenvalue weighted by atomic mass is 16.5. The number of carbonyl (C=O) groups is 1. The van der Waals surface area contributed by atoms with Crippen molar-refractivity contribution in [3.8, 4) is 17.2 Å². The van der Waals surface area contributed by atoms with E-state index in [1.807, 2.05) is 13.0 Å². The number of amides is 1. The number of aromatic nitrogens is 1. The highest BCUT2D eigenvalue weighted by molar-refractivity contribution is 6.02. The number of methoxy groups -OCH3 is 3. The monoisotopic (exact) mass is 328 g/mol. The number of carbonyl (C=O) groups excluding carboxylic acids is 1. The largest absolute Gasteiger partial charge is 0.496 e. The number of nitrogens with one attached hydrogen (secondary N) is 1. The molecule has 0 saturated heterocycles. The first-order valence-corrected chi connectivity index (χ1v) is 7.28. The van der Waals surface area contributed by atoms with Gasteiger partial charge in [-0.1, -0.05) is 0 Å². The molecule has 24 heavy (non-hydrogen) atoms. The fourth-order valence-corrected chi connectivity index (χ4v) is 2.12. The molecule has 0 fully saturated rings. The van der Waals surface area contributed by atoms with E-state index in [1.54, 1.807) is 51.9 Å². The number of benzene rings is 1. The molecule has 1 N–H and O–H groups in total. The van der Waals surface area contributed by atoms with Crippen molar-refractivity contribution in [3.05, 3.63) is 47.8 Å². The van der Waals surface area contributed by atoms with Crippen LogP contribution < -0.4 is 19.5 Å². The number of hydrogen-bond donors (Lipinski definition) is 1. The Labute approximate surface area is 141 Å². The molecule has 2 aromatic rings. The lowest BCUT2D eigenvalue weighted by Crippen LogP contribution is -2.09. The van der Waals surface area contributed by atoms with E-state index >= 15 is 0 Å². The van der Waals surface area contributed by atoms with Crippen LogP contribution >= 0.6 is 0 Å². The lowest BCUT2D eigenvalue weighted by atomic mass is 10.1. The molecule has 0 atom stereocenters. The standard InChI is InChI=1S/C18H20N2O4/c1-12-7-8-19-11-14(12)20-18(21)6-5-13-9-16(23-3)17(24-4)10-15(13)22-2/h5-11H,1-4H3,(H,20,21)/b6-5+. The first-order chi connectivity index (χ1) is 11.6. The number of aryl methyl sites for hydroxylation is 1. The van der Waals surface area contributed by atoms with Crippen molar-refractivity contribution in [1.82, 2.24) is 4.98 Å². The van der Waals surface area contributed by atoms with Crippen molar-refractivity contribution in [1.29, 1.82) is 0 Å². The summed E-state index contributed by atoms with van der Waals surface area (Å²) >= 11 is 0. The maximum atomic E-state index is 12.1. The zero-order valence-corrected chi connectivity index (χ0v) is 14.1. The molecule has 2 rings (SSSR count). The van der Waals surface area contributed by atoms with Crippen LogP contribution in [-0.2, 0) is 4.79 Å². The number of rotatable bonds is 6. The molecule has 6 nitrogen and oxygen atoms in total. The van der Waals surface area contributed by atoms with Crippen molar-refractivity contribution in [2.45, 2.75) is 6.92 Å². The van der Waals surface area contributed by atoms with Crippen LogP contribution in [0.3, 0.4) is 0 Å². The summed E-state index contributed by atoms with van der Waals surface area (Å²) < 4.78 is 15.8. The van der Waals surface area contributed by atoms with E-state index in [2.05, 4.69) is 10.3 Å². The van der Waals surface area contributed by atoms with Gasteiger partial charge in [0, 0.05) is 23.9 Å². The molecule has 0 saturated carbocycles. The second-order valence-corrected chi connectivity index (χ2v) is 4.96. The molecular weight excluding hydrogens is 308 g/mol. The Morgan fingerprint density at radius 2 is 1.75 bits per heavy atom. The van der Waals surface area contributed by atoms with E-state index in [4.69, 9.17) is 14.2 Å². The van der Waals surface area contributed by atoms with Gasteiger partial charge in [-0.2, -0.15) is 0 Å². The third-order valence-electron chi connectivity index (χ3n) is 3.45. The summed E-state index contributed by atoms with van der Waals surface area (Å²) in [7, 11) is 4.66. The van der Waals surface area contributed by atoms with Crippen LogP contribution in [0.1, 0.15) is 11.1 Å². The Morgan fingerprint density at radius 3 is 2.38 bits per heavy atom. The lowest BCUT2D eigenvalue weighted by Gasteiger charge is -2.12. The van der Waals surface area contributed by atoms with Gasteiger partial charge >= 0.3 is 0 Å². The zero-order chi connectivity index (χ0) is 17.5. The van der Waals surface area contributed by atoms with Gasteiger partial charge in [-0.3, -0.25) is 9.78 Å². The molecule has 0 bridgehead atoms. The van der Waals surface area contributed by atoms with E-state index in [9.17, 15) is 4.79 Å². The number of pyridine rings is 1. The Hall–Kier alpha value is -3.02. The average Bonchev–Trinajstić information content (AvgIpc) is 2.61. The molecule has 1 heterocycles. The summed E-state index contributed by atoms with van der Waals surface area (Å²) in [6.07, 6.45) is 6.37. The van der Waals surface area contributed by atoms with E-state index in [0.29, 0.717) is 28.5 Å². The summed E-state index contributed by atoms with van der Waals surface area (Å²) in [5, 5.41) is 2.78. The van der Waals surface area contributed by atoms with Gasteiger partial charge in [-0.25, -0.2) is 0 Å². The van der Waals surface area contributed by atoms with Gasteiger partial charge in [0.25, 0.3) is 0 Å². The SMILES string of the molecule is COc1cc(OC)c(OC)cc1/C=C/C(=O)Nc1cnccc1C. The molecule has 1 aromatic heterocycles. The third-order valence-corrected chi connectivity index (χ3v) is 3.45. The molecule has 0 radical (unpaired) electrons. The Balaban J connectivity index is 2.21. The van der Waals surface area contributed by atoms with Gasteiger partial charge in [0.15, 0.2) is 11.5 Å². The van der Waals surface area contributed by atoms with Gasteiger partial charge in [0.1, 0.15) is 5.75 Å². The Bertz CT molecular complexity index is 757. The van der Waals surface area contributed by atoms with Crippen molar-refractivity contribution < 1.29 is 19.0 Å². The van der Waals surface area contributed by atoms with E-state index in [0.717, 1.165) is 5.56 Å². The van der Waals surface area contributed by atoms with E-state index in [-0.39, 0.29) is 5.91 Å². The molecule has 1 amide bonds. The molecule has 0 aliphatic carbocycles. The number of hydrogen-bond acceptors (Lipinski definition) is 5. The molecule has 0 spiro atoms. The van der Waals surface area contributed by atoms with Gasteiger partial charge in [-0.05, 0) is 30.7 Å². The minimum Gasteiger partial charge on any atom is -0.496 e. The molecule has 0 aliphatic rings. The van der Waals surface area contributed by atoms with Crippen molar-refractivity contribution in [3.63, 3.8) is 0 Å². The van der Waals surface area contributed by atoms with Gasteiger partial charge in [0.2, 0.25) is 5.91 Å². The van der Waals surface area contributed by atoms with E-state index < -0.39 is 0 Å².